The Morgan fingerprint density at radius 1 is 1.22 bits per heavy atom. The molecule has 2 aromatic rings. The fourth-order valence-corrected chi connectivity index (χ4v) is 4.38. The lowest BCUT2D eigenvalue weighted by molar-refractivity contribution is -0.274. The van der Waals surface area contributed by atoms with Crippen molar-refractivity contribution in [1.82, 2.24) is 15.2 Å². The summed E-state index contributed by atoms with van der Waals surface area (Å²) < 4.78 is 81.5. The van der Waals surface area contributed by atoms with Gasteiger partial charge in [0, 0.05) is 13.0 Å². The highest BCUT2D eigenvalue weighted by atomic mass is 32.1. The molecule has 1 aliphatic rings. The number of amides is 1. The Labute approximate surface area is 184 Å². The zero-order valence-corrected chi connectivity index (χ0v) is 17.8. The Bertz CT molecular complexity index is 938. The van der Waals surface area contributed by atoms with Crippen LogP contribution in [0.2, 0.25) is 0 Å². The number of halogens is 6. The van der Waals surface area contributed by atoms with Crippen molar-refractivity contribution in [2.75, 3.05) is 19.6 Å². The molecule has 176 valence electrons. The molecule has 0 radical (unpaired) electrons. The highest BCUT2D eigenvalue weighted by Gasteiger charge is 2.40. The van der Waals surface area contributed by atoms with Crippen molar-refractivity contribution >= 4 is 17.2 Å². The van der Waals surface area contributed by atoms with Crippen LogP contribution in [0, 0.1) is 0 Å². The fourth-order valence-electron chi connectivity index (χ4n) is 3.40. The summed E-state index contributed by atoms with van der Waals surface area (Å²) in [6.07, 6.45) is -7.30. The summed E-state index contributed by atoms with van der Waals surface area (Å²) in [5.74, 6) is -1.48. The first-order valence-electron chi connectivity index (χ1n) is 9.88. The molecule has 1 aliphatic heterocycles. The monoisotopic (exact) mass is 481 g/mol. The number of nitrogens with one attached hydrogen (secondary N) is 1. The van der Waals surface area contributed by atoms with E-state index in [0.717, 1.165) is 38.1 Å². The van der Waals surface area contributed by atoms with Crippen molar-refractivity contribution in [2.45, 2.75) is 44.8 Å². The number of benzene rings is 1. The molecule has 1 atom stereocenters. The Balaban J connectivity index is 1.73. The molecule has 1 aromatic carbocycles. The number of hydrogen-bond acceptors (Lipinski definition) is 5. The highest BCUT2D eigenvalue weighted by Crippen LogP contribution is 2.35. The number of thiazole rings is 1. The van der Waals surface area contributed by atoms with E-state index in [0.29, 0.717) is 24.3 Å². The lowest BCUT2D eigenvalue weighted by Crippen LogP contribution is -2.28. The molecular formula is C20H21F6N3O2S. The number of nitrogens with zero attached hydrogens (tertiary/aromatic N) is 2. The predicted molar refractivity (Wildman–Crippen MR) is 106 cm³/mol. The number of ether oxygens (including phenoxy) is 1. The van der Waals surface area contributed by atoms with E-state index in [1.165, 1.54) is 19.1 Å². The summed E-state index contributed by atoms with van der Waals surface area (Å²) in [5, 5.41) is 2.62. The normalized spacial score (nSPS) is 16.2. The molecule has 1 saturated heterocycles. The molecule has 5 nitrogen and oxygen atoms in total. The van der Waals surface area contributed by atoms with Crippen LogP contribution >= 0.6 is 11.3 Å². The van der Waals surface area contributed by atoms with Gasteiger partial charge in [0.2, 0.25) is 0 Å². The van der Waals surface area contributed by atoms with Gasteiger partial charge in [0.15, 0.2) is 5.69 Å². The molecule has 0 spiro atoms. The number of alkyl halides is 6. The number of carbonyl (C=O) groups is 1. The van der Waals surface area contributed by atoms with Gasteiger partial charge in [0.05, 0.1) is 11.0 Å². The van der Waals surface area contributed by atoms with E-state index in [4.69, 9.17) is 0 Å². The summed E-state index contributed by atoms with van der Waals surface area (Å²) in [6, 6.07) is 4.02. The minimum Gasteiger partial charge on any atom is -0.406 e. The molecule has 0 bridgehead atoms. The van der Waals surface area contributed by atoms with Crippen LogP contribution in [0.3, 0.4) is 0 Å². The second-order valence-electron chi connectivity index (χ2n) is 7.40. The van der Waals surface area contributed by atoms with Gasteiger partial charge in [-0.3, -0.25) is 4.79 Å². The van der Waals surface area contributed by atoms with Gasteiger partial charge < -0.3 is 15.0 Å². The number of aromatic nitrogens is 1. The molecule has 1 N–H and O–H groups in total. The number of hydrogen-bond donors (Lipinski definition) is 1. The lowest BCUT2D eigenvalue weighted by Gasteiger charge is -2.16. The van der Waals surface area contributed by atoms with Crippen molar-refractivity contribution in [3.63, 3.8) is 0 Å². The number of likely N-dealkylation sites (tertiary alicyclic amines) is 1. The molecule has 1 unspecified atom stereocenters. The second kappa shape index (κ2) is 9.65. The smallest absolute Gasteiger partial charge is 0.406 e. The van der Waals surface area contributed by atoms with Gasteiger partial charge in [0.1, 0.15) is 10.6 Å². The maximum Gasteiger partial charge on any atom is 0.573 e. The van der Waals surface area contributed by atoms with Gasteiger partial charge >= 0.3 is 12.5 Å². The molecule has 0 saturated carbocycles. The van der Waals surface area contributed by atoms with Gasteiger partial charge in [0.25, 0.3) is 5.91 Å². The van der Waals surface area contributed by atoms with E-state index in [9.17, 15) is 31.1 Å². The van der Waals surface area contributed by atoms with Gasteiger partial charge in [-0.1, -0.05) is 12.1 Å². The molecule has 32 heavy (non-hydrogen) atoms. The van der Waals surface area contributed by atoms with E-state index in [1.54, 1.807) is 0 Å². The van der Waals surface area contributed by atoms with Gasteiger partial charge in [-0.05, 0) is 50.6 Å². The summed E-state index contributed by atoms with van der Waals surface area (Å²) in [6.45, 7) is 3.79. The number of carbonyl (C=O) groups excluding carboxylic acids is 1. The maximum absolute atomic E-state index is 13.5. The van der Waals surface area contributed by atoms with Crippen LogP contribution in [0.1, 0.15) is 51.7 Å². The Morgan fingerprint density at radius 3 is 2.53 bits per heavy atom. The van der Waals surface area contributed by atoms with Crippen molar-refractivity contribution in [3.05, 3.63) is 45.4 Å². The van der Waals surface area contributed by atoms with Crippen LogP contribution in [0.5, 0.6) is 5.75 Å². The Hall–Kier alpha value is -2.34. The zero-order valence-electron chi connectivity index (χ0n) is 17.0. The minimum atomic E-state index is -4.89. The Kier molecular flexibility index (Phi) is 7.33. The molecule has 1 aromatic heterocycles. The topological polar surface area (TPSA) is 54.5 Å². The number of rotatable bonds is 7. The fraction of sp³-hybridized carbons (Fsp3) is 0.500. The van der Waals surface area contributed by atoms with E-state index in [2.05, 4.69) is 19.9 Å². The van der Waals surface area contributed by atoms with Crippen molar-refractivity contribution < 1.29 is 35.9 Å². The quantitative estimate of drug-likeness (QED) is 0.553. The Morgan fingerprint density at radius 2 is 1.91 bits per heavy atom. The summed E-state index contributed by atoms with van der Waals surface area (Å²) in [4.78, 5) is 17.8. The SMILES string of the molecule is CC(NC(=O)c1sc(CCN2CCCC2)nc1C(F)(F)F)c1cccc(OC(F)(F)F)c1. The highest BCUT2D eigenvalue weighted by molar-refractivity contribution is 7.13. The average molecular weight is 481 g/mol. The van der Waals surface area contributed by atoms with Crippen LogP contribution in [0.4, 0.5) is 26.3 Å². The van der Waals surface area contributed by atoms with Crippen LogP contribution < -0.4 is 10.1 Å². The third-order valence-electron chi connectivity index (χ3n) is 4.93. The third kappa shape index (κ3) is 6.58. The van der Waals surface area contributed by atoms with Crippen LogP contribution in [-0.2, 0) is 12.6 Å². The lowest BCUT2D eigenvalue weighted by atomic mass is 10.1. The second-order valence-corrected chi connectivity index (χ2v) is 8.48. The van der Waals surface area contributed by atoms with Crippen molar-refractivity contribution in [3.8, 4) is 5.75 Å². The van der Waals surface area contributed by atoms with Crippen molar-refractivity contribution in [2.24, 2.45) is 0 Å². The van der Waals surface area contributed by atoms with Crippen LogP contribution in [0.25, 0.3) is 0 Å². The maximum atomic E-state index is 13.5. The van der Waals surface area contributed by atoms with Crippen LogP contribution in [0.15, 0.2) is 24.3 Å². The minimum absolute atomic E-state index is 0.211. The first-order chi connectivity index (χ1) is 14.9. The summed E-state index contributed by atoms with van der Waals surface area (Å²) >= 11 is 0.683. The summed E-state index contributed by atoms with van der Waals surface area (Å²) in [5.41, 5.74) is -1.01. The van der Waals surface area contributed by atoms with E-state index in [-0.39, 0.29) is 10.6 Å². The molecule has 3 rings (SSSR count). The van der Waals surface area contributed by atoms with Crippen molar-refractivity contribution in [1.29, 1.82) is 0 Å². The summed E-state index contributed by atoms with van der Waals surface area (Å²) in [7, 11) is 0. The first kappa shape index (κ1) is 24.3. The van der Waals surface area contributed by atoms with E-state index >= 15 is 0 Å². The molecule has 2 heterocycles. The van der Waals surface area contributed by atoms with E-state index in [1.807, 2.05) is 0 Å². The molecule has 1 amide bonds. The average Bonchev–Trinajstić information content (AvgIpc) is 3.34. The van der Waals surface area contributed by atoms with Crippen LogP contribution in [-0.4, -0.2) is 41.8 Å². The van der Waals surface area contributed by atoms with Gasteiger partial charge in [-0.25, -0.2) is 4.98 Å². The van der Waals surface area contributed by atoms with Gasteiger partial charge in [-0.2, -0.15) is 13.2 Å². The van der Waals surface area contributed by atoms with Gasteiger partial charge in [-0.15, -0.1) is 24.5 Å². The molecule has 0 aliphatic carbocycles. The van der Waals surface area contributed by atoms with E-state index < -0.39 is 40.8 Å². The molecule has 12 heteroatoms. The molecular weight excluding hydrogens is 460 g/mol. The standard InChI is InChI=1S/C20H21F6N3O2S/c1-12(13-5-4-6-14(11-13)31-20(24,25)26)27-18(30)16-17(19(21,22)23)28-15(32-16)7-10-29-8-2-3-9-29/h4-6,11-12H,2-3,7-10H2,1H3,(H,27,30). The third-order valence-corrected chi connectivity index (χ3v) is 6.04. The predicted octanol–water partition coefficient (Wildman–Crippen LogP) is 5.19. The largest absolute Gasteiger partial charge is 0.573 e. The first-order valence-corrected chi connectivity index (χ1v) is 10.7. The molecule has 1 fully saturated rings. The zero-order chi connectivity index (χ0) is 23.5.